The van der Waals surface area contributed by atoms with Crippen LogP contribution in [-0.4, -0.2) is 30.1 Å². The largest absolute Gasteiger partial charge is 0.311 e. The first-order valence-corrected chi connectivity index (χ1v) is 8.12. The molecule has 2 saturated heterocycles. The number of aryl methyl sites for hydroxylation is 1. The predicted molar refractivity (Wildman–Crippen MR) is 83.3 cm³/mol. The van der Waals surface area contributed by atoms with E-state index in [0.717, 1.165) is 24.7 Å². The highest BCUT2D eigenvalue weighted by atomic mass is 79.9. The first-order valence-electron chi connectivity index (χ1n) is 7.33. The molecule has 0 aromatic heterocycles. The minimum absolute atomic E-state index is 0.753. The second-order valence-electron chi connectivity index (χ2n) is 6.26. The third kappa shape index (κ3) is 3.04. The van der Waals surface area contributed by atoms with E-state index in [1.807, 2.05) is 0 Å². The van der Waals surface area contributed by atoms with Crippen LogP contribution in [0.25, 0.3) is 0 Å². The van der Waals surface area contributed by atoms with Gasteiger partial charge in [-0.2, -0.15) is 0 Å². The van der Waals surface area contributed by atoms with Crippen LogP contribution < -0.4 is 5.32 Å². The fraction of sp³-hybridized carbons (Fsp3) is 0.625. The van der Waals surface area contributed by atoms with Crippen LogP contribution in [0.2, 0.25) is 0 Å². The summed E-state index contributed by atoms with van der Waals surface area (Å²) in [6.07, 6.45) is 5.41. The van der Waals surface area contributed by atoms with Crippen molar-refractivity contribution in [2.45, 2.75) is 57.3 Å². The Bertz CT molecular complexity index is 448. The van der Waals surface area contributed by atoms with Crippen molar-refractivity contribution in [3.8, 4) is 0 Å². The van der Waals surface area contributed by atoms with Crippen LogP contribution in [0.5, 0.6) is 0 Å². The number of nitrogens with one attached hydrogen (secondary N) is 1. The summed E-state index contributed by atoms with van der Waals surface area (Å²) >= 11 is 3.57. The summed E-state index contributed by atoms with van der Waals surface area (Å²) in [6.45, 7) is 3.23. The van der Waals surface area contributed by atoms with Crippen molar-refractivity contribution in [2.75, 3.05) is 7.05 Å². The van der Waals surface area contributed by atoms with Gasteiger partial charge in [-0.3, -0.25) is 4.90 Å². The first-order chi connectivity index (χ1) is 9.11. The van der Waals surface area contributed by atoms with Gasteiger partial charge in [-0.1, -0.05) is 28.1 Å². The van der Waals surface area contributed by atoms with Gasteiger partial charge < -0.3 is 5.32 Å². The second kappa shape index (κ2) is 5.55. The molecule has 2 fully saturated rings. The molecule has 2 aliphatic heterocycles. The summed E-state index contributed by atoms with van der Waals surface area (Å²) in [5.41, 5.74) is 2.75. The van der Waals surface area contributed by atoms with E-state index in [2.05, 4.69) is 58.3 Å². The minimum atomic E-state index is 0.753. The Morgan fingerprint density at radius 1 is 1.26 bits per heavy atom. The average Bonchev–Trinajstić information content (AvgIpc) is 2.72. The van der Waals surface area contributed by atoms with Crippen molar-refractivity contribution in [3.63, 3.8) is 0 Å². The van der Waals surface area contributed by atoms with Crippen molar-refractivity contribution in [1.82, 2.24) is 10.2 Å². The highest BCUT2D eigenvalue weighted by Crippen LogP contribution is 2.30. The molecule has 0 aliphatic carbocycles. The molecular formula is C16H23BrN2. The van der Waals surface area contributed by atoms with Crippen LogP contribution in [-0.2, 0) is 6.54 Å². The molecule has 2 bridgehead atoms. The highest BCUT2D eigenvalue weighted by Gasteiger charge is 2.34. The molecule has 19 heavy (non-hydrogen) atoms. The topological polar surface area (TPSA) is 15.3 Å². The number of benzene rings is 1. The maximum atomic E-state index is 3.72. The van der Waals surface area contributed by atoms with Gasteiger partial charge in [-0.25, -0.2) is 0 Å². The SMILES string of the molecule is Cc1cc(CN(C)C2CC3CCC(C2)N3)ccc1Br. The molecule has 2 aliphatic rings. The fourth-order valence-corrected chi connectivity index (χ4v) is 3.86. The van der Waals surface area contributed by atoms with E-state index >= 15 is 0 Å². The van der Waals surface area contributed by atoms with Crippen LogP contribution in [0, 0.1) is 6.92 Å². The van der Waals surface area contributed by atoms with Crippen molar-refractivity contribution in [3.05, 3.63) is 33.8 Å². The van der Waals surface area contributed by atoms with E-state index in [-0.39, 0.29) is 0 Å². The van der Waals surface area contributed by atoms with Gasteiger partial charge in [0.25, 0.3) is 0 Å². The van der Waals surface area contributed by atoms with E-state index in [1.165, 1.54) is 41.3 Å². The fourth-order valence-electron chi connectivity index (χ4n) is 3.61. The molecule has 1 N–H and O–H groups in total. The second-order valence-corrected chi connectivity index (χ2v) is 7.12. The maximum absolute atomic E-state index is 3.72. The van der Waals surface area contributed by atoms with Crippen molar-refractivity contribution in [2.24, 2.45) is 0 Å². The van der Waals surface area contributed by atoms with Gasteiger partial charge in [0.2, 0.25) is 0 Å². The molecule has 1 aromatic rings. The summed E-state index contributed by atoms with van der Waals surface area (Å²) in [4.78, 5) is 2.55. The Balaban J connectivity index is 1.64. The molecule has 104 valence electrons. The van der Waals surface area contributed by atoms with Crippen LogP contribution in [0.15, 0.2) is 22.7 Å². The smallest absolute Gasteiger partial charge is 0.0233 e. The molecule has 2 unspecified atom stereocenters. The van der Waals surface area contributed by atoms with Crippen LogP contribution in [0.3, 0.4) is 0 Å². The molecular weight excluding hydrogens is 300 g/mol. The van der Waals surface area contributed by atoms with Crippen LogP contribution >= 0.6 is 15.9 Å². The standard InChI is InChI=1S/C16H23BrN2/c1-11-7-12(3-6-16(11)17)10-19(2)15-8-13-4-5-14(9-15)18-13/h3,6-7,13-15,18H,4-5,8-10H2,1-2H3. The summed E-state index contributed by atoms with van der Waals surface area (Å²) in [6, 6.07) is 9.02. The summed E-state index contributed by atoms with van der Waals surface area (Å²) in [7, 11) is 2.28. The van der Waals surface area contributed by atoms with Gasteiger partial charge in [-0.15, -0.1) is 0 Å². The van der Waals surface area contributed by atoms with Gasteiger partial charge >= 0.3 is 0 Å². The first kappa shape index (κ1) is 13.6. The van der Waals surface area contributed by atoms with Gasteiger partial charge in [0.1, 0.15) is 0 Å². The molecule has 0 spiro atoms. The summed E-state index contributed by atoms with van der Waals surface area (Å²) in [5.74, 6) is 0. The molecule has 0 amide bonds. The average molecular weight is 323 g/mol. The van der Waals surface area contributed by atoms with Gasteiger partial charge in [0, 0.05) is 29.1 Å². The van der Waals surface area contributed by atoms with E-state index in [9.17, 15) is 0 Å². The number of fused-ring (bicyclic) bond motifs is 2. The van der Waals surface area contributed by atoms with Crippen molar-refractivity contribution in [1.29, 1.82) is 0 Å². The lowest BCUT2D eigenvalue weighted by atomic mass is 9.98. The van der Waals surface area contributed by atoms with Crippen LogP contribution in [0.4, 0.5) is 0 Å². The lowest BCUT2D eigenvalue weighted by Gasteiger charge is -2.35. The van der Waals surface area contributed by atoms with Gasteiger partial charge in [-0.05, 0) is 56.8 Å². The van der Waals surface area contributed by atoms with E-state index < -0.39 is 0 Å². The number of nitrogens with zero attached hydrogens (tertiary/aromatic N) is 1. The number of hydrogen-bond acceptors (Lipinski definition) is 2. The number of halogens is 1. The molecule has 2 nitrogen and oxygen atoms in total. The van der Waals surface area contributed by atoms with Crippen molar-refractivity contribution < 1.29 is 0 Å². The van der Waals surface area contributed by atoms with E-state index in [1.54, 1.807) is 0 Å². The minimum Gasteiger partial charge on any atom is -0.311 e. The predicted octanol–water partition coefficient (Wildman–Crippen LogP) is 3.47. The molecule has 2 heterocycles. The normalized spacial score (nSPS) is 30.0. The third-order valence-corrected chi connectivity index (χ3v) is 5.62. The molecule has 3 rings (SSSR count). The zero-order valence-electron chi connectivity index (χ0n) is 11.8. The zero-order valence-corrected chi connectivity index (χ0v) is 13.4. The Kier molecular flexibility index (Phi) is 3.97. The Labute approximate surface area is 124 Å². The molecule has 2 atom stereocenters. The van der Waals surface area contributed by atoms with Crippen LogP contribution in [0.1, 0.15) is 36.8 Å². The zero-order chi connectivity index (χ0) is 13.4. The Morgan fingerprint density at radius 2 is 1.95 bits per heavy atom. The molecule has 1 aromatic carbocycles. The van der Waals surface area contributed by atoms with Gasteiger partial charge in [0.05, 0.1) is 0 Å². The summed E-state index contributed by atoms with van der Waals surface area (Å²) in [5, 5.41) is 3.72. The number of rotatable bonds is 3. The molecule has 3 heteroatoms. The lowest BCUT2D eigenvalue weighted by molar-refractivity contribution is 0.166. The quantitative estimate of drug-likeness (QED) is 0.916. The van der Waals surface area contributed by atoms with E-state index in [0.29, 0.717) is 0 Å². The number of piperidine rings is 1. The Morgan fingerprint density at radius 3 is 2.58 bits per heavy atom. The Hall–Kier alpha value is -0.380. The summed E-state index contributed by atoms with van der Waals surface area (Å²) < 4.78 is 1.21. The third-order valence-electron chi connectivity index (χ3n) is 4.73. The monoisotopic (exact) mass is 322 g/mol. The molecule has 0 saturated carbocycles. The van der Waals surface area contributed by atoms with Gasteiger partial charge in [0.15, 0.2) is 0 Å². The molecule has 0 radical (unpaired) electrons. The van der Waals surface area contributed by atoms with E-state index in [4.69, 9.17) is 0 Å². The number of hydrogen-bond donors (Lipinski definition) is 1. The van der Waals surface area contributed by atoms with Crippen molar-refractivity contribution >= 4 is 15.9 Å². The lowest BCUT2D eigenvalue weighted by Crippen LogP contribution is -2.46. The maximum Gasteiger partial charge on any atom is 0.0233 e. The highest BCUT2D eigenvalue weighted by molar-refractivity contribution is 9.10.